The zero-order valence-corrected chi connectivity index (χ0v) is 8.08. The molecule has 0 atom stereocenters. The second-order valence-electron chi connectivity index (χ2n) is 3.18. The van der Waals surface area contributed by atoms with Crippen LogP contribution in [-0.2, 0) is 0 Å². The summed E-state index contributed by atoms with van der Waals surface area (Å²) in [6.45, 7) is 10.7. The highest BCUT2D eigenvalue weighted by Gasteiger charge is 2.05. The van der Waals surface area contributed by atoms with Crippen LogP contribution in [0.3, 0.4) is 0 Å². The van der Waals surface area contributed by atoms with Crippen molar-refractivity contribution in [3.05, 3.63) is 49.1 Å². The molecular formula is C12H17N. The molecule has 0 aromatic carbocycles. The Morgan fingerprint density at radius 2 is 2.23 bits per heavy atom. The maximum Gasteiger partial charge on any atom is 0.0236 e. The maximum atomic E-state index is 3.78. The predicted molar refractivity (Wildman–Crippen MR) is 58.7 cm³/mol. The van der Waals surface area contributed by atoms with E-state index in [1.54, 1.807) is 0 Å². The van der Waals surface area contributed by atoms with Gasteiger partial charge >= 0.3 is 0 Å². The molecule has 0 aromatic heterocycles. The molecule has 0 spiro atoms. The van der Waals surface area contributed by atoms with Crippen LogP contribution < -0.4 is 0 Å². The highest BCUT2D eigenvalue weighted by molar-refractivity contribution is 5.22. The predicted octanol–water partition coefficient (Wildman–Crippen LogP) is 2.55. The van der Waals surface area contributed by atoms with Gasteiger partial charge in [0.15, 0.2) is 0 Å². The lowest BCUT2D eigenvalue weighted by Crippen LogP contribution is -2.28. The van der Waals surface area contributed by atoms with E-state index in [1.165, 1.54) is 12.0 Å². The van der Waals surface area contributed by atoms with Crippen LogP contribution in [0.25, 0.3) is 0 Å². The second-order valence-corrected chi connectivity index (χ2v) is 3.18. The molecule has 0 bridgehead atoms. The molecule has 1 nitrogen and oxygen atoms in total. The van der Waals surface area contributed by atoms with Crippen molar-refractivity contribution in [1.82, 2.24) is 4.90 Å². The minimum absolute atomic E-state index is 0.986. The first-order valence-electron chi connectivity index (χ1n) is 4.68. The average Bonchev–Trinajstić information content (AvgIpc) is 2.19. The quantitative estimate of drug-likeness (QED) is 0.469. The SMILES string of the molecule is C=C/C=C(\C=C)CN1CC=CCC1. The van der Waals surface area contributed by atoms with Crippen molar-refractivity contribution in [3.8, 4) is 0 Å². The molecule has 13 heavy (non-hydrogen) atoms. The Hall–Kier alpha value is -1.08. The Labute approximate surface area is 80.7 Å². The highest BCUT2D eigenvalue weighted by Crippen LogP contribution is 2.06. The van der Waals surface area contributed by atoms with Crippen molar-refractivity contribution in [1.29, 1.82) is 0 Å². The molecule has 0 amide bonds. The van der Waals surface area contributed by atoms with Gasteiger partial charge in [0.25, 0.3) is 0 Å². The van der Waals surface area contributed by atoms with E-state index >= 15 is 0 Å². The van der Waals surface area contributed by atoms with Crippen molar-refractivity contribution in [2.24, 2.45) is 0 Å². The summed E-state index contributed by atoms with van der Waals surface area (Å²) in [5.41, 5.74) is 1.24. The third-order valence-corrected chi connectivity index (χ3v) is 2.14. The Balaban J connectivity index is 2.45. The van der Waals surface area contributed by atoms with E-state index in [1.807, 2.05) is 18.2 Å². The lowest BCUT2D eigenvalue weighted by Gasteiger charge is -2.23. The summed E-state index contributed by atoms with van der Waals surface area (Å²) < 4.78 is 0. The molecule has 0 saturated carbocycles. The zero-order valence-electron chi connectivity index (χ0n) is 8.08. The molecule has 0 aliphatic carbocycles. The fraction of sp³-hybridized carbons (Fsp3) is 0.333. The van der Waals surface area contributed by atoms with E-state index in [-0.39, 0.29) is 0 Å². The number of rotatable bonds is 4. The van der Waals surface area contributed by atoms with Crippen LogP contribution in [0, 0.1) is 0 Å². The third-order valence-electron chi connectivity index (χ3n) is 2.14. The van der Waals surface area contributed by atoms with Gasteiger partial charge in [0, 0.05) is 19.6 Å². The Bertz CT molecular complexity index is 236. The third kappa shape index (κ3) is 3.43. The fourth-order valence-electron chi connectivity index (χ4n) is 1.43. The van der Waals surface area contributed by atoms with Crippen LogP contribution in [-0.4, -0.2) is 24.5 Å². The van der Waals surface area contributed by atoms with Gasteiger partial charge in [-0.15, -0.1) is 0 Å². The molecule has 0 radical (unpaired) electrons. The van der Waals surface area contributed by atoms with Gasteiger partial charge in [-0.3, -0.25) is 4.90 Å². The minimum Gasteiger partial charge on any atom is -0.295 e. The number of hydrogen-bond donors (Lipinski definition) is 0. The number of hydrogen-bond acceptors (Lipinski definition) is 1. The highest BCUT2D eigenvalue weighted by atomic mass is 15.1. The lowest BCUT2D eigenvalue weighted by atomic mass is 10.2. The van der Waals surface area contributed by atoms with E-state index in [2.05, 4.69) is 30.2 Å². The van der Waals surface area contributed by atoms with Crippen LogP contribution >= 0.6 is 0 Å². The van der Waals surface area contributed by atoms with E-state index < -0.39 is 0 Å². The molecule has 1 heteroatoms. The first-order valence-corrected chi connectivity index (χ1v) is 4.68. The Kier molecular flexibility index (Phi) is 4.27. The Morgan fingerprint density at radius 1 is 1.38 bits per heavy atom. The second kappa shape index (κ2) is 5.55. The van der Waals surface area contributed by atoms with Crippen LogP contribution in [0.4, 0.5) is 0 Å². The molecular weight excluding hydrogens is 158 g/mol. The van der Waals surface area contributed by atoms with Crippen molar-refractivity contribution in [2.75, 3.05) is 19.6 Å². The van der Waals surface area contributed by atoms with E-state index in [4.69, 9.17) is 0 Å². The van der Waals surface area contributed by atoms with Crippen LogP contribution in [0.5, 0.6) is 0 Å². The summed E-state index contributed by atoms with van der Waals surface area (Å²) in [6, 6.07) is 0. The van der Waals surface area contributed by atoms with Crippen LogP contribution in [0.15, 0.2) is 49.1 Å². The Morgan fingerprint density at radius 3 is 2.77 bits per heavy atom. The van der Waals surface area contributed by atoms with Crippen molar-refractivity contribution in [2.45, 2.75) is 6.42 Å². The molecule has 0 N–H and O–H groups in total. The smallest absolute Gasteiger partial charge is 0.0236 e. The normalized spacial score (nSPS) is 18.6. The van der Waals surface area contributed by atoms with E-state index in [0.29, 0.717) is 0 Å². The molecule has 1 aliphatic heterocycles. The monoisotopic (exact) mass is 175 g/mol. The van der Waals surface area contributed by atoms with Gasteiger partial charge in [0.2, 0.25) is 0 Å². The summed E-state index contributed by atoms with van der Waals surface area (Å²) >= 11 is 0. The molecule has 0 unspecified atom stereocenters. The topological polar surface area (TPSA) is 3.24 Å². The summed E-state index contributed by atoms with van der Waals surface area (Å²) in [5.74, 6) is 0. The zero-order chi connectivity index (χ0) is 9.52. The van der Waals surface area contributed by atoms with Gasteiger partial charge in [-0.05, 0) is 12.0 Å². The van der Waals surface area contributed by atoms with Crippen LogP contribution in [0.2, 0.25) is 0 Å². The number of nitrogens with zero attached hydrogens (tertiary/aromatic N) is 1. The first kappa shape index (κ1) is 10.0. The molecule has 1 rings (SSSR count). The summed E-state index contributed by atoms with van der Waals surface area (Å²) in [4.78, 5) is 2.40. The standard InChI is InChI=1S/C12H17N/c1-3-8-12(4-2)11-13-9-6-5-7-10-13/h3-6,8H,1-2,7,9-11H2/b12-8+. The molecule has 0 aromatic rings. The van der Waals surface area contributed by atoms with Gasteiger partial charge in [0.05, 0.1) is 0 Å². The van der Waals surface area contributed by atoms with Crippen LogP contribution in [0.1, 0.15) is 6.42 Å². The molecule has 1 heterocycles. The summed E-state index contributed by atoms with van der Waals surface area (Å²) in [5, 5.41) is 0. The van der Waals surface area contributed by atoms with Gasteiger partial charge in [-0.2, -0.15) is 0 Å². The van der Waals surface area contributed by atoms with Gasteiger partial charge < -0.3 is 0 Å². The maximum absolute atomic E-state index is 3.78. The first-order chi connectivity index (χ1) is 6.36. The summed E-state index contributed by atoms with van der Waals surface area (Å²) in [6.07, 6.45) is 11.4. The van der Waals surface area contributed by atoms with Gasteiger partial charge in [-0.1, -0.05) is 43.5 Å². The minimum atomic E-state index is 0.986. The molecule has 70 valence electrons. The van der Waals surface area contributed by atoms with Crippen molar-refractivity contribution < 1.29 is 0 Å². The lowest BCUT2D eigenvalue weighted by molar-refractivity contribution is 0.326. The fourth-order valence-corrected chi connectivity index (χ4v) is 1.43. The van der Waals surface area contributed by atoms with Crippen molar-refractivity contribution >= 4 is 0 Å². The molecule has 1 aliphatic rings. The van der Waals surface area contributed by atoms with Gasteiger partial charge in [-0.25, -0.2) is 0 Å². The summed E-state index contributed by atoms with van der Waals surface area (Å²) in [7, 11) is 0. The van der Waals surface area contributed by atoms with Gasteiger partial charge in [0.1, 0.15) is 0 Å². The van der Waals surface area contributed by atoms with E-state index in [9.17, 15) is 0 Å². The molecule has 0 fully saturated rings. The average molecular weight is 175 g/mol. The largest absolute Gasteiger partial charge is 0.295 e. The molecule has 0 saturated heterocycles. The number of allylic oxidation sites excluding steroid dienone is 2. The van der Waals surface area contributed by atoms with Crippen molar-refractivity contribution in [3.63, 3.8) is 0 Å². The van der Waals surface area contributed by atoms with E-state index in [0.717, 1.165) is 19.6 Å².